The van der Waals surface area contributed by atoms with Gasteiger partial charge in [0.1, 0.15) is 6.04 Å². The summed E-state index contributed by atoms with van der Waals surface area (Å²) in [4.78, 5) is 18.9. The Balaban J connectivity index is 1.63. The van der Waals surface area contributed by atoms with Crippen molar-refractivity contribution in [1.29, 1.82) is 5.26 Å². The number of benzene rings is 1. The lowest BCUT2D eigenvalue weighted by atomic mass is 10.0. The van der Waals surface area contributed by atoms with E-state index in [9.17, 15) is 10.1 Å². The van der Waals surface area contributed by atoms with E-state index < -0.39 is 6.04 Å². The minimum atomic E-state index is -0.445. The molecule has 0 bridgehead atoms. The van der Waals surface area contributed by atoms with E-state index in [1.165, 1.54) is 25.9 Å². The molecule has 0 N–H and O–H groups in total. The second kappa shape index (κ2) is 7.23. The molecule has 1 aromatic rings. The van der Waals surface area contributed by atoms with Gasteiger partial charge in [-0.2, -0.15) is 5.26 Å². The molecule has 24 heavy (non-hydrogen) atoms. The highest BCUT2D eigenvalue weighted by molar-refractivity contribution is 6.00. The number of fused-ring (bicyclic) bond motifs is 1. The number of rotatable bonds is 6. The molecule has 0 aromatic heterocycles. The van der Waals surface area contributed by atoms with E-state index in [1.807, 2.05) is 37.2 Å². The first kappa shape index (κ1) is 16.8. The zero-order valence-corrected chi connectivity index (χ0v) is 14.7. The molecule has 0 spiro atoms. The number of hydrogen-bond acceptors (Lipinski definition) is 4. The molecule has 3 rings (SSSR count). The van der Waals surface area contributed by atoms with Gasteiger partial charge in [0.05, 0.1) is 6.07 Å². The Morgan fingerprint density at radius 1 is 1.21 bits per heavy atom. The van der Waals surface area contributed by atoms with Gasteiger partial charge in [0.15, 0.2) is 0 Å². The molecule has 2 heterocycles. The van der Waals surface area contributed by atoms with Crippen molar-refractivity contribution in [3.63, 3.8) is 0 Å². The predicted octanol–water partition coefficient (Wildman–Crippen LogP) is 2.65. The Hall–Kier alpha value is -2.06. The SMILES string of the molecule is CN(C)c1ccc2c(c1)C(C#N)N(CCCCN1CCCC1)C2=O. The van der Waals surface area contributed by atoms with Crippen LogP contribution in [-0.4, -0.2) is 56.0 Å². The number of hydrogen-bond donors (Lipinski definition) is 0. The van der Waals surface area contributed by atoms with Crippen LogP contribution in [0.3, 0.4) is 0 Å². The number of likely N-dealkylation sites (tertiary alicyclic amines) is 1. The Labute approximate surface area is 144 Å². The highest BCUT2D eigenvalue weighted by Gasteiger charge is 2.36. The van der Waals surface area contributed by atoms with Crippen molar-refractivity contribution >= 4 is 11.6 Å². The Morgan fingerprint density at radius 3 is 2.58 bits per heavy atom. The molecular weight excluding hydrogens is 300 g/mol. The molecule has 0 aliphatic carbocycles. The van der Waals surface area contributed by atoms with Crippen LogP contribution >= 0.6 is 0 Å². The van der Waals surface area contributed by atoms with Gasteiger partial charge in [0, 0.05) is 37.5 Å². The molecule has 0 saturated carbocycles. The average molecular weight is 326 g/mol. The average Bonchev–Trinajstić information content (AvgIpc) is 3.18. The lowest BCUT2D eigenvalue weighted by Gasteiger charge is -2.21. The lowest BCUT2D eigenvalue weighted by molar-refractivity contribution is 0.0753. The molecular formula is C19H26N4O. The summed E-state index contributed by atoms with van der Waals surface area (Å²) in [5.41, 5.74) is 2.57. The summed E-state index contributed by atoms with van der Waals surface area (Å²) in [5, 5.41) is 9.59. The van der Waals surface area contributed by atoms with E-state index in [1.54, 1.807) is 4.90 Å². The summed E-state index contributed by atoms with van der Waals surface area (Å²) in [6.07, 6.45) is 4.66. The van der Waals surface area contributed by atoms with E-state index in [0.717, 1.165) is 30.6 Å². The van der Waals surface area contributed by atoms with Crippen LogP contribution in [0.1, 0.15) is 47.6 Å². The number of nitriles is 1. The lowest BCUT2D eigenvalue weighted by Crippen LogP contribution is -2.29. The standard InChI is InChI=1S/C19H26N4O/c1-21(2)15-7-8-16-17(13-15)18(14-20)23(19(16)24)12-6-5-11-22-9-3-4-10-22/h7-8,13,18H,3-6,9-12H2,1-2H3. The second-order valence-electron chi connectivity index (χ2n) is 6.95. The van der Waals surface area contributed by atoms with Crippen LogP contribution in [0.5, 0.6) is 0 Å². The number of amides is 1. The number of unbranched alkanes of at least 4 members (excludes halogenated alkanes) is 1. The minimum absolute atomic E-state index is 0.00280. The van der Waals surface area contributed by atoms with Crippen molar-refractivity contribution in [2.45, 2.75) is 31.7 Å². The zero-order valence-electron chi connectivity index (χ0n) is 14.7. The molecule has 1 fully saturated rings. The molecule has 2 aliphatic rings. The number of carbonyl (C=O) groups is 1. The van der Waals surface area contributed by atoms with Crippen molar-refractivity contribution in [3.8, 4) is 6.07 Å². The third-order valence-electron chi connectivity index (χ3n) is 5.09. The zero-order chi connectivity index (χ0) is 17.1. The highest BCUT2D eigenvalue weighted by atomic mass is 16.2. The van der Waals surface area contributed by atoms with Crippen molar-refractivity contribution in [1.82, 2.24) is 9.80 Å². The first-order chi connectivity index (χ1) is 11.6. The fraction of sp³-hybridized carbons (Fsp3) is 0.579. The van der Waals surface area contributed by atoms with Crippen LogP contribution in [-0.2, 0) is 0 Å². The fourth-order valence-electron chi connectivity index (χ4n) is 3.68. The third-order valence-corrected chi connectivity index (χ3v) is 5.09. The van der Waals surface area contributed by atoms with Crippen LogP contribution in [0.25, 0.3) is 0 Å². The Morgan fingerprint density at radius 2 is 1.92 bits per heavy atom. The quantitative estimate of drug-likeness (QED) is 0.754. The Kier molecular flexibility index (Phi) is 5.06. The summed E-state index contributed by atoms with van der Waals surface area (Å²) in [7, 11) is 3.94. The highest BCUT2D eigenvalue weighted by Crippen LogP contribution is 2.35. The molecule has 0 radical (unpaired) electrons. The number of carbonyl (C=O) groups excluding carboxylic acids is 1. The van der Waals surface area contributed by atoms with Gasteiger partial charge in [-0.3, -0.25) is 4.79 Å². The first-order valence-electron chi connectivity index (χ1n) is 8.86. The van der Waals surface area contributed by atoms with Gasteiger partial charge in [-0.15, -0.1) is 0 Å². The van der Waals surface area contributed by atoms with Crippen LogP contribution in [0.2, 0.25) is 0 Å². The maximum Gasteiger partial charge on any atom is 0.255 e. The number of nitrogens with zero attached hydrogens (tertiary/aromatic N) is 4. The molecule has 1 atom stereocenters. The largest absolute Gasteiger partial charge is 0.378 e. The van der Waals surface area contributed by atoms with Gasteiger partial charge >= 0.3 is 0 Å². The van der Waals surface area contributed by atoms with E-state index in [-0.39, 0.29) is 5.91 Å². The Bertz CT molecular complexity index is 643. The second-order valence-corrected chi connectivity index (χ2v) is 6.95. The monoisotopic (exact) mass is 326 g/mol. The predicted molar refractivity (Wildman–Crippen MR) is 95.1 cm³/mol. The topological polar surface area (TPSA) is 50.6 Å². The van der Waals surface area contributed by atoms with Crippen molar-refractivity contribution in [3.05, 3.63) is 29.3 Å². The van der Waals surface area contributed by atoms with E-state index in [0.29, 0.717) is 12.1 Å². The number of anilines is 1. The van der Waals surface area contributed by atoms with Crippen LogP contribution in [0.4, 0.5) is 5.69 Å². The van der Waals surface area contributed by atoms with E-state index >= 15 is 0 Å². The molecule has 1 unspecified atom stereocenters. The molecule has 1 saturated heterocycles. The molecule has 1 amide bonds. The normalized spacial score (nSPS) is 20.3. The van der Waals surface area contributed by atoms with Gasteiger partial charge < -0.3 is 14.7 Å². The molecule has 1 aromatic carbocycles. The van der Waals surface area contributed by atoms with Crippen LogP contribution in [0.15, 0.2) is 18.2 Å². The minimum Gasteiger partial charge on any atom is -0.378 e. The summed E-state index contributed by atoms with van der Waals surface area (Å²) < 4.78 is 0. The van der Waals surface area contributed by atoms with Gasteiger partial charge in [-0.05, 0) is 63.5 Å². The van der Waals surface area contributed by atoms with Crippen molar-refractivity contribution in [2.75, 3.05) is 45.2 Å². The van der Waals surface area contributed by atoms with Gasteiger partial charge in [0.25, 0.3) is 5.91 Å². The smallest absolute Gasteiger partial charge is 0.255 e. The van der Waals surface area contributed by atoms with Crippen molar-refractivity contribution < 1.29 is 4.79 Å². The molecule has 5 nitrogen and oxygen atoms in total. The summed E-state index contributed by atoms with van der Waals surface area (Å²) in [6, 6.07) is 7.67. The van der Waals surface area contributed by atoms with Crippen LogP contribution in [0, 0.1) is 11.3 Å². The van der Waals surface area contributed by atoms with Gasteiger partial charge in [0.2, 0.25) is 0 Å². The van der Waals surface area contributed by atoms with Crippen molar-refractivity contribution in [2.24, 2.45) is 0 Å². The molecule has 128 valence electrons. The van der Waals surface area contributed by atoms with Crippen LogP contribution < -0.4 is 4.90 Å². The van der Waals surface area contributed by atoms with Gasteiger partial charge in [-0.1, -0.05) is 0 Å². The van der Waals surface area contributed by atoms with E-state index in [4.69, 9.17) is 0 Å². The van der Waals surface area contributed by atoms with Gasteiger partial charge in [-0.25, -0.2) is 0 Å². The fourth-order valence-corrected chi connectivity index (χ4v) is 3.68. The van der Waals surface area contributed by atoms with E-state index in [2.05, 4.69) is 11.0 Å². The summed E-state index contributed by atoms with van der Waals surface area (Å²) in [6.45, 7) is 4.19. The third kappa shape index (κ3) is 3.25. The summed E-state index contributed by atoms with van der Waals surface area (Å²) in [5.74, 6) is 0.00280. The molecule has 2 aliphatic heterocycles. The summed E-state index contributed by atoms with van der Waals surface area (Å²) >= 11 is 0. The maximum atomic E-state index is 12.6. The first-order valence-corrected chi connectivity index (χ1v) is 8.86. The maximum absolute atomic E-state index is 12.6. The molecule has 5 heteroatoms.